The van der Waals surface area contributed by atoms with Crippen LogP contribution in [0.3, 0.4) is 0 Å². The van der Waals surface area contributed by atoms with Gasteiger partial charge in [-0.3, -0.25) is 4.79 Å². The molecule has 136 valence electrons. The highest BCUT2D eigenvalue weighted by molar-refractivity contribution is 6.10. The number of ketones is 1. The second-order valence-corrected chi connectivity index (χ2v) is 6.85. The average Bonchev–Trinajstić information content (AvgIpc) is 2.97. The van der Waals surface area contributed by atoms with Gasteiger partial charge in [-0.2, -0.15) is 0 Å². The number of allylic oxidation sites excluding steroid dienone is 1. The summed E-state index contributed by atoms with van der Waals surface area (Å²) in [5.41, 5.74) is 4.92. The highest BCUT2D eigenvalue weighted by Crippen LogP contribution is 2.30. The lowest BCUT2D eigenvalue weighted by Crippen LogP contribution is -2.22. The van der Waals surface area contributed by atoms with Crippen LogP contribution in [0.5, 0.6) is 0 Å². The van der Waals surface area contributed by atoms with Gasteiger partial charge in [-0.05, 0) is 42.5 Å². The van der Waals surface area contributed by atoms with E-state index in [0.717, 1.165) is 28.7 Å². The molecule has 5 heteroatoms. The van der Waals surface area contributed by atoms with Gasteiger partial charge in [0.15, 0.2) is 0 Å². The molecule has 0 radical (unpaired) electrons. The van der Waals surface area contributed by atoms with Gasteiger partial charge >= 0.3 is 5.97 Å². The molecule has 0 saturated heterocycles. The molecular weight excluding hydrogens is 328 g/mol. The second-order valence-electron chi connectivity index (χ2n) is 6.85. The molecule has 1 heterocycles. The van der Waals surface area contributed by atoms with Crippen LogP contribution in [0.1, 0.15) is 44.1 Å². The smallest absolute Gasteiger partial charge is 0.354 e. The first kappa shape index (κ1) is 18.0. The fourth-order valence-corrected chi connectivity index (χ4v) is 3.43. The van der Waals surface area contributed by atoms with E-state index in [9.17, 15) is 9.59 Å². The summed E-state index contributed by atoms with van der Waals surface area (Å²) in [4.78, 5) is 27.3. The highest BCUT2D eigenvalue weighted by atomic mass is 16.5. The van der Waals surface area contributed by atoms with Gasteiger partial charge in [-0.25, -0.2) is 4.79 Å². The predicted molar refractivity (Wildman–Crippen MR) is 100 cm³/mol. The first-order valence-electron chi connectivity index (χ1n) is 8.69. The number of hydrogen-bond acceptors (Lipinski definition) is 4. The Morgan fingerprint density at radius 2 is 2.00 bits per heavy atom. The van der Waals surface area contributed by atoms with Crippen LogP contribution in [-0.4, -0.2) is 42.4 Å². The lowest BCUT2D eigenvalue weighted by atomic mass is 9.92. The zero-order chi connectivity index (χ0) is 18.8. The predicted octanol–water partition coefficient (Wildman–Crippen LogP) is 3.21. The third-order valence-corrected chi connectivity index (χ3v) is 4.74. The largest absolute Gasteiger partial charge is 0.464 e. The summed E-state index contributed by atoms with van der Waals surface area (Å²) in [5, 5.41) is 0. The van der Waals surface area contributed by atoms with Gasteiger partial charge < -0.3 is 14.2 Å². The van der Waals surface area contributed by atoms with E-state index in [1.165, 1.54) is 7.11 Å². The van der Waals surface area contributed by atoms with Crippen molar-refractivity contribution in [1.29, 1.82) is 0 Å². The van der Waals surface area contributed by atoms with Crippen molar-refractivity contribution in [2.45, 2.75) is 26.3 Å². The minimum absolute atomic E-state index is 0.0105. The maximum Gasteiger partial charge on any atom is 0.354 e. The van der Waals surface area contributed by atoms with Crippen molar-refractivity contribution in [2.75, 3.05) is 21.2 Å². The standard InChI is InChI=1S/C21H24N2O3/c1-14-7-5-6-8-16(14)13-23-18(21(25)26-4)11-15-9-10-17(12-22(2)3)20(24)19(15)23/h5-8,11-12H,9-10,13H2,1-4H3. The van der Waals surface area contributed by atoms with E-state index < -0.39 is 5.97 Å². The third-order valence-electron chi connectivity index (χ3n) is 4.74. The van der Waals surface area contributed by atoms with Crippen molar-refractivity contribution in [3.8, 4) is 0 Å². The monoisotopic (exact) mass is 352 g/mol. The zero-order valence-corrected chi connectivity index (χ0v) is 15.7. The maximum atomic E-state index is 13.1. The number of aryl methyl sites for hydroxylation is 2. The number of Topliss-reactive ketones (excluding diaryl/α,β-unsaturated/α-hetero) is 1. The lowest BCUT2D eigenvalue weighted by Gasteiger charge is -2.20. The molecule has 3 rings (SSSR count). The molecule has 1 aromatic carbocycles. The van der Waals surface area contributed by atoms with Crippen molar-refractivity contribution in [3.63, 3.8) is 0 Å². The van der Waals surface area contributed by atoms with E-state index in [1.54, 1.807) is 0 Å². The minimum atomic E-state index is -0.418. The number of fused-ring (bicyclic) bond motifs is 1. The molecule has 0 N–H and O–H groups in total. The van der Waals surface area contributed by atoms with Crippen LogP contribution in [0.2, 0.25) is 0 Å². The van der Waals surface area contributed by atoms with E-state index in [4.69, 9.17) is 4.74 Å². The molecule has 1 aromatic heterocycles. The molecule has 0 fully saturated rings. The Kier molecular flexibility index (Phi) is 4.98. The topological polar surface area (TPSA) is 51.5 Å². The average molecular weight is 352 g/mol. The van der Waals surface area contributed by atoms with Crippen LogP contribution in [0.25, 0.3) is 0 Å². The van der Waals surface area contributed by atoms with Gasteiger partial charge in [0.25, 0.3) is 0 Å². The Morgan fingerprint density at radius 3 is 2.65 bits per heavy atom. The lowest BCUT2D eigenvalue weighted by molar-refractivity contribution is 0.0589. The Morgan fingerprint density at radius 1 is 1.27 bits per heavy atom. The molecule has 0 saturated carbocycles. The summed E-state index contributed by atoms with van der Waals surface area (Å²) < 4.78 is 6.77. The van der Waals surface area contributed by atoms with Crippen LogP contribution >= 0.6 is 0 Å². The van der Waals surface area contributed by atoms with E-state index in [0.29, 0.717) is 24.4 Å². The van der Waals surface area contributed by atoms with Crippen LogP contribution in [0.4, 0.5) is 0 Å². The number of benzene rings is 1. The Labute approximate surface area is 153 Å². The van der Waals surface area contributed by atoms with Gasteiger partial charge in [0.2, 0.25) is 5.78 Å². The fraction of sp³-hybridized carbons (Fsp3) is 0.333. The molecule has 0 bridgehead atoms. The van der Waals surface area contributed by atoms with Crippen LogP contribution in [-0.2, 0) is 17.7 Å². The molecule has 0 unspecified atom stereocenters. The summed E-state index contributed by atoms with van der Waals surface area (Å²) in [6.07, 6.45) is 3.29. The van der Waals surface area contributed by atoms with Crippen LogP contribution in [0.15, 0.2) is 42.1 Å². The minimum Gasteiger partial charge on any atom is -0.464 e. The molecule has 5 nitrogen and oxygen atoms in total. The van der Waals surface area contributed by atoms with Gasteiger partial charge in [-0.15, -0.1) is 0 Å². The number of esters is 1. The molecule has 0 aliphatic heterocycles. The first-order chi connectivity index (χ1) is 12.4. The number of rotatable bonds is 4. The fourth-order valence-electron chi connectivity index (χ4n) is 3.43. The van der Waals surface area contributed by atoms with Crippen molar-refractivity contribution >= 4 is 11.8 Å². The first-order valence-corrected chi connectivity index (χ1v) is 8.69. The van der Waals surface area contributed by atoms with Gasteiger partial charge in [0.1, 0.15) is 5.69 Å². The van der Waals surface area contributed by atoms with Crippen molar-refractivity contribution in [3.05, 3.63) is 70.2 Å². The molecule has 1 aliphatic carbocycles. The normalized spacial score (nSPS) is 15.1. The summed E-state index contributed by atoms with van der Waals surface area (Å²) in [7, 11) is 5.18. The molecule has 1 aliphatic rings. The summed E-state index contributed by atoms with van der Waals surface area (Å²) >= 11 is 0. The number of aromatic nitrogens is 1. The van der Waals surface area contributed by atoms with Gasteiger partial charge in [0, 0.05) is 32.4 Å². The summed E-state index contributed by atoms with van der Waals surface area (Å²) in [5.74, 6) is -0.428. The van der Waals surface area contributed by atoms with Gasteiger partial charge in [-0.1, -0.05) is 24.3 Å². The van der Waals surface area contributed by atoms with Crippen LogP contribution < -0.4 is 0 Å². The van der Waals surface area contributed by atoms with E-state index in [2.05, 4.69) is 0 Å². The van der Waals surface area contributed by atoms with Crippen molar-refractivity contribution < 1.29 is 14.3 Å². The summed E-state index contributed by atoms with van der Waals surface area (Å²) in [6, 6.07) is 9.81. The number of hydrogen-bond donors (Lipinski definition) is 0. The van der Waals surface area contributed by atoms with Crippen molar-refractivity contribution in [1.82, 2.24) is 9.47 Å². The Hall–Kier alpha value is -2.82. The summed E-state index contributed by atoms with van der Waals surface area (Å²) in [6.45, 7) is 2.50. The number of carbonyl (C=O) groups excluding carboxylic acids is 2. The molecule has 2 aromatic rings. The number of ether oxygens (including phenoxy) is 1. The quantitative estimate of drug-likeness (QED) is 0.626. The van der Waals surface area contributed by atoms with E-state index in [-0.39, 0.29) is 5.78 Å². The SMILES string of the molecule is COC(=O)c1cc2c(n1Cc1ccccc1C)C(=O)C(=CN(C)C)CC2. The molecule has 0 spiro atoms. The number of nitrogens with zero attached hydrogens (tertiary/aromatic N) is 2. The van der Waals surface area contributed by atoms with E-state index in [1.807, 2.05) is 67.0 Å². The molecular formula is C21H24N2O3. The number of methoxy groups -OCH3 is 1. The highest BCUT2D eigenvalue weighted by Gasteiger charge is 2.30. The Bertz CT molecular complexity index is 891. The second kappa shape index (κ2) is 7.20. The van der Waals surface area contributed by atoms with Crippen LogP contribution in [0, 0.1) is 6.92 Å². The molecule has 26 heavy (non-hydrogen) atoms. The molecule has 0 atom stereocenters. The van der Waals surface area contributed by atoms with Crippen molar-refractivity contribution in [2.24, 2.45) is 0 Å². The Balaban J connectivity index is 2.13. The zero-order valence-electron chi connectivity index (χ0n) is 15.7. The number of carbonyl (C=O) groups is 2. The van der Waals surface area contributed by atoms with Gasteiger partial charge in [0.05, 0.1) is 12.8 Å². The maximum absolute atomic E-state index is 13.1. The third kappa shape index (κ3) is 3.29. The molecule has 0 amide bonds. The van der Waals surface area contributed by atoms with E-state index >= 15 is 0 Å².